The minimum absolute atomic E-state index is 0.0366. The Morgan fingerprint density at radius 3 is 2.74 bits per heavy atom. The Bertz CT molecular complexity index is 777. The number of fused-ring (bicyclic) bond motifs is 1. The van der Waals surface area contributed by atoms with Gasteiger partial charge in [0.1, 0.15) is 0 Å². The first-order valence-electron chi connectivity index (χ1n) is 5.82. The van der Waals surface area contributed by atoms with Crippen molar-refractivity contribution < 1.29 is 4.79 Å². The normalized spacial score (nSPS) is 10.8. The summed E-state index contributed by atoms with van der Waals surface area (Å²) >= 11 is 3.49. The maximum atomic E-state index is 12.5. The Morgan fingerprint density at radius 1 is 1.16 bits per heavy atom. The summed E-state index contributed by atoms with van der Waals surface area (Å²) in [5.74, 6) is -0.0366. The molecule has 19 heavy (non-hydrogen) atoms. The monoisotopic (exact) mass is 314 g/mol. The maximum Gasteiger partial charge on any atom is 0.195 e. The summed E-state index contributed by atoms with van der Waals surface area (Å²) in [4.78, 5) is 15.6. The Balaban J connectivity index is 2.17. The van der Waals surface area contributed by atoms with Gasteiger partial charge in [0.05, 0.1) is 0 Å². The van der Waals surface area contributed by atoms with E-state index in [9.17, 15) is 4.79 Å². The first kappa shape index (κ1) is 12.0. The van der Waals surface area contributed by atoms with Gasteiger partial charge in [-0.1, -0.05) is 34.1 Å². The number of anilines is 1. The van der Waals surface area contributed by atoms with Gasteiger partial charge in [0, 0.05) is 38.4 Å². The van der Waals surface area contributed by atoms with E-state index < -0.39 is 0 Å². The van der Waals surface area contributed by atoms with E-state index in [0.717, 1.165) is 15.4 Å². The molecule has 3 aromatic rings. The number of rotatable bonds is 2. The third-order valence-corrected chi connectivity index (χ3v) is 3.71. The number of ketones is 1. The molecular formula is C15H11BrN2O. The van der Waals surface area contributed by atoms with Crippen LogP contribution in [0.15, 0.2) is 53.1 Å². The van der Waals surface area contributed by atoms with Crippen molar-refractivity contribution in [3.63, 3.8) is 0 Å². The van der Waals surface area contributed by atoms with Gasteiger partial charge in [0.25, 0.3) is 0 Å². The molecule has 4 heteroatoms. The molecule has 0 aliphatic rings. The summed E-state index contributed by atoms with van der Waals surface area (Å²) in [6, 6.07) is 12.8. The van der Waals surface area contributed by atoms with Crippen molar-refractivity contribution in [2.45, 2.75) is 0 Å². The number of hydrogen-bond acceptors (Lipinski definition) is 2. The zero-order valence-electron chi connectivity index (χ0n) is 9.98. The van der Waals surface area contributed by atoms with Crippen LogP contribution >= 0.6 is 15.9 Å². The summed E-state index contributed by atoms with van der Waals surface area (Å²) in [6.07, 6.45) is 1.74. The predicted octanol–water partition coefficient (Wildman–Crippen LogP) is 3.74. The third-order valence-electron chi connectivity index (χ3n) is 3.05. The SMILES string of the molecule is Nc1cccc(C(=O)c2c[nH]c3cccc(Br)c23)c1. The highest BCUT2D eigenvalue weighted by Gasteiger charge is 2.15. The molecule has 2 aromatic carbocycles. The first-order valence-corrected chi connectivity index (χ1v) is 6.62. The Kier molecular flexibility index (Phi) is 2.87. The molecule has 0 aliphatic carbocycles. The summed E-state index contributed by atoms with van der Waals surface area (Å²) in [6.45, 7) is 0. The van der Waals surface area contributed by atoms with Gasteiger partial charge in [-0.25, -0.2) is 0 Å². The summed E-state index contributed by atoms with van der Waals surface area (Å²) < 4.78 is 0.901. The molecule has 1 heterocycles. The molecule has 0 unspecified atom stereocenters. The van der Waals surface area contributed by atoms with Crippen LogP contribution in [0.1, 0.15) is 15.9 Å². The Morgan fingerprint density at radius 2 is 1.95 bits per heavy atom. The van der Waals surface area contributed by atoms with E-state index in [2.05, 4.69) is 20.9 Å². The van der Waals surface area contributed by atoms with Crippen molar-refractivity contribution in [2.75, 3.05) is 5.73 Å². The Labute approximate surface area is 118 Å². The van der Waals surface area contributed by atoms with Crippen molar-refractivity contribution in [3.05, 3.63) is 64.3 Å². The van der Waals surface area contributed by atoms with E-state index in [1.54, 1.807) is 30.5 Å². The average Bonchev–Trinajstić information content (AvgIpc) is 2.83. The fraction of sp³-hybridized carbons (Fsp3) is 0. The van der Waals surface area contributed by atoms with E-state index in [1.165, 1.54) is 0 Å². The number of carbonyl (C=O) groups excluding carboxylic acids is 1. The van der Waals surface area contributed by atoms with Crippen molar-refractivity contribution in [2.24, 2.45) is 0 Å². The van der Waals surface area contributed by atoms with E-state index in [1.807, 2.05) is 18.2 Å². The molecule has 0 saturated carbocycles. The highest BCUT2D eigenvalue weighted by Crippen LogP contribution is 2.28. The smallest absolute Gasteiger partial charge is 0.195 e. The second kappa shape index (κ2) is 4.55. The van der Waals surface area contributed by atoms with E-state index in [0.29, 0.717) is 16.8 Å². The van der Waals surface area contributed by atoms with Gasteiger partial charge >= 0.3 is 0 Å². The first-order chi connectivity index (χ1) is 9.16. The zero-order chi connectivity index (χ0) is 13.4. The second-order valence-corrected chi connectivity index (χ2v) is 5.17. The maximum absolute atomic E-state index is 12.5. The molecule has 0 atom stereocenters. The topological polar surface area (TPSA) is 58.9 Å². The number of aromatic nitrogens is 1. The van der Waals surface area contributed by atoms with Crippen LogP contribution in [0, 0.1) is 0 Å². The van der Waals surface area contributed by atoms with Gasteiger partial charge in [-0.3, -0.25) is 4.79 Å². The molecule has 0 saturated heterocycles. The van der Waals surface area contributed by atoms with Crippen LogP contribution in [0.4, 0.5) is 5.69 Å². The van der Waals surface area contributed by atoms with Gasteiger partial charge in [-0.05, 0) is 24.3 Å². The molecule has 0 amide bonds. The molecule has 3 nitrogen and oxygen atoms in total. The number of hydrogen-bond donors (Lipinski definition) is 2. The molecule has 3 rings (SSSR count). The summed E-state index contributed by atoms with van der Waals surface area (Å²) in [5.41, 5.74) is 8.48. The van der Waals surface area contributed by atoms with Crippen molar-refractivity contribution >= 4 is 38.3 Å². The van der Waals surface area contributed by atoms with Crippen LogP contribution in [-0.2, 0) is 0 Å². The molecule has 3 N–H and O–H groups in total. The highest BCUT2D eigenvalue weighted by molar-refractivity contribution is 9.10. The molecular weight excluding hydrogens is 304 g/mol. The molecule has 94 valence electrons. The molecule has 0 bridgehead atoms. The fourth-order valence-corrected chi connectivity index (χ4v) is 2.73. The Hall–Kier alpha value is -2.07. The lowest BCUT2D eigenvalue weighted by molar-refractivity contribution is 0.104. The molecule has 0 aliphatic heterocycles. The molecule has 0 spiro atoms. The van der Waals surface area contributed by atoms with Gasteiger partial charge < -0.3 is 10.7 Å². The lowest BCUT2D eigenvalue weighted by Gasteiger charge is -2.02. The number of nitrogen functional groups attached to an aromatic ring is 1. The van der Waals surface area contributed by atoms with Crippen LogP contribution in [0.5, 0.6) is 0 Å². The quantitative estimate of drug-likeness (QED) is 0.559. The fourth-order valence-electron chi connectivity index (χ4n) is 2.15. The summed E-state index contributed by atoms with van der Waals surface area (Å²) in [5, 5.41) is 0.898. The van der Waals surface area contributed by atoms with Gasteiger partial charge in [0.15, 0.2) is 5.78 Å². The number of nitrogens with one attached hydrogen (secondary N) is 1. The summed E-state index contributed by atoms with van der Waals surface area (Å²) in [7, 11) is 0. The van der Waals surface area contributed by atoms with Crippen molar-refractivity contribution in [1.82, 2.24) is 4.98 Å². The zero-order valence-corrected chi connectivity index (χ0v) is 11.6. The third kappa shape index (κ3) is 2.04. The van der Waals surface area contributed by atoms with Crippen LogP contribution in [0.25, 0.3) is 10.9 Å². The highest BCUT2D eigenvalue weighted by atomic mass is 79.9. The van der Waals surface area contributed by atoms with E-state index >= 15 is 0 Å². The molecule has 0 fully saturated rings. The van der Waals surface area contributed by atoms with Crippen molar-refractivity contribution in [1.29, 1.82) is 0 Å². The van der Waals surface area contributed by atoms with E-state index in [-0.39, 0.29) is 5.78 Å². The average molecular weight is 315 g/mol. The van der Waals surface area contributed by atoms with Crippen LogP contribution in [-0.4, -0.2) is 10.8 Å². The molecule has 1 aromatic heterocycles. The van der Waals surface area contributed by atoms with Gasteiger partial charge in [-0.2, -0.15) is 0 Å². The largest absolute Gasteiger partial charge is 0.399 e. The standard InChI is InChI=1S/C15H11BrN2O/c16-12-5-2-6-13-14(12)11(8-18-13)15(19)9-3-1-4-10(17)7-9/h1-8,18H,17H2. The number of benzene rings is 2. The lowest BCUT2D eigenvalue weighted by atomic mass is 10.0. The number of halogens is 1. The second-order valence-electron chi connectivity index (χ2n) is 4.32. The van der Waals surface area contributed by atoms with E-state index in [4.69, 9.17) is 5.73 Å². The van der Waals surface area contributed by atoms with Crippen LogP contribution < -0.4 is 5.73 Å². The van der Waals surface area contributed by atoms with Crippen LogP contribution in [0.2, 0.25) is 0 Å². The molecule has 0 radical (unpaired) electrons. The van der Waals surface area contributed by atoms with Gasteiger partial charge in [0.2, 0.25) is 0 Å². The number of H-pyrrole nitrogens is 1. The number of aromatic amines is 1. The van der Waals surface area contributed by atoms with Crippen LogP contribution in [0.3, 0.4) is 0 Å². The minimum Gasteiger partial charge on any atom is -0.399 e. The number of carbonyl (C=O) groups is 1. The minimum atomic E-state index is -0.0366. The predicted molar refractivity (Wildman–Crippen MR) is 80.3 cm³/mol. The lowest BCUT2D eigenvalue weighted by Crippen LogP contribution is -2.01. The van der Waals surface area contributed by atoms with Gasteiger partial charge in [-0.15, -0.1) is 0 Å². The number of nitrogens with two attached hydrogens (primary N) is 1. The van der Waals surface area contributed by atoms with Crippen molar-refractivity contribution in [3.8, 4) is 0 Å².